The Morgan fingerprint density at radius 3 is 3.05 bits per heavy atom. The fourth-order valence-corrected chi connectivity index (χ4v) is 2.86. The summed E-state index contributed by atoms with van der Waals surface area (Å²) in [6.45, 7) is 2.79. The molecule has 6 nitrogen and oxygen atoms in total. The van der Waals surface area contributed by atoms with Crippen LogP contribution in [0.15, 0.2) is 28.8 Å². The van der Waals surface area contributed by atoms with Gasteiger partial charge in [-0.15, -0.1) is 0 Å². The summed E-state index contributed by atoms with van der Waals surface area (Å²) in [5.41, 5.74) is 1.13. The molecule has 2 aliphatic rings. The molecule has 4 rings (SSSR count). The standard InChI is InChI=1S/C15H17N3O3/c1-2-4-13-10(3-1)11(5-7-20-13)14-17-15(21-18-14)12-9-19-8-6-16-12/h1-4,11-12,16H,5-9H2. The highest BCUT2D eigenvalue weighted by molar-refractivity contribution is 5.40. The molecule has 2 unspecified atom stereocenters. The van der Waals surface area contributed by atoms with E-state index < -0.39 is 0 Å². The number of nitrogens with zero attached hydrogens (tertiary/aromatic N) is 2. The SMILES string of the molecule is c1ccc2c(c1)OCCC2c1noc(C2COCCN2)n1. The van der Waals surface area contributed by atoms with E-state index in [-0.39, 0.29) is 12.0 Å². The van der Waals surface area contributed by atoms with Crippen LogP contribution < -0.4 is 10.1 Å². The highest BCUT2D eigenvalue weighted by atomic mass is 16.5. The number of morpholine rings is 1. The Bertz CT molecular complexity index is 622. The van der Waals surface area contributed by atoms with Gasteiger partial charge in [-0.05, 0) is 12.5 Å². The van der Waals surface area contributed by atoms with Crippen LogP contribution in [0.2, 0.25) is 0 Å². The van der Waals surface area contributed by atoms with Gasteiger partial charge in [-0.1, -0.05) is 23.4 Å². The molecule has 1 saturated heterocycles. The van der Waals surface area contributed by atoms with Crippen LogP contribution in [0.5, 0.6) is 5.75 Å². The van der Waals surface area contributed by atoms with Gasteiger partial charge in [0.05, 0.1) is 25.7 Å². The molecule has 1 aromatic carbocycles. The van der Waals surface area contributed by atoms with Gasteiger partial charge in [0.2, 0.25) is 5.89 Å². The lowest BCUT2D eigenvalue weighted by Gasteiger charge is -2.23. The van der Waals surface area contributed by atoms with Crippen molar-refractivity contribution in [3.63, 3.8) is 0 Å². The Labute approximate surface area is 122 Å². The Morgan fingerprint density at radius 2 is 2.14 bits per heavy atom. The van der Waals surface area contributed by atoms with E-state index in [2.05, 4.69) is 21.5 Å². The maximum absolute atomic E-state index is 5.68. The number of hydrogen-bond donors (Lipinski definition) is 1. The first-order valence-corrected chi connectivity index (χ1v) is 7.28. The molecule has 2 atom stereocenters. The van der Waals surface area contributed by atoms with E-state index in [1.54, 1.807) is 0 Å². The molecule has 0 saturated carbocycles. The highest BCUT2D eigenvalue weighted by Gasteiger charge is 2.29. The van der Waals surface area contributed by atoms with E-state index >= 15 is 0 Å². The normalized spacial score (nSPS) is 25.1. The minimum absolute atomic E-state index is 0.00455. The monoisotopic (exact) mass is 287 g/mol. The molecule has 0 aliphatic carbocycles. The van der Waals surface area contributed by atoms with Crippen LogP contribution in [0, 0.1) is 0 Å². The van der Waals surface area contributed by atoms with Crippen molar-refractivity contribution in [3.05, 3.63) is 41.5 Å². The largest absolute Gasteiger partial charge is 0.493 e. The maximum Gasteiger partial charge on any atom is 0.246 e. The molecule has 0 spiro atoms. The van der Waals surface area contributed by atoms with Crippen molar-refractivity contribution >= 4 is 0 Å². The Balaban J connectivity index is 1.61. The van der Waals surface area contributed by atoms with Gasteiger partial charge in [-0.2, -0.15) is 4.98 Å². The van der Waals surface area contributed by atoms with Crippen LogP contribution in [0.25, 0.3) is 0 Å². The number of para-hydroxylation sites is 1. The number of nitrogens with one attached hydrogen (secondary N) is 1. The summed E-state index contributed by atoms with van der Waals surface area (Å²) >= 11 is 0. The molecule has 0 amide bonds. The van der Waals surface area contributed by atoms with Gasteiger partial charge in [-0.25, -0.2) is 0 Å². The third kappa shape index (κ3) is 2.41. The number of hydrogen-bond acceptors (Lipinski definition) is 6. The number of fused-ring (bicyclic) bond motifs is 1. The summed E-state index contributed by atoms with van der Waals surface area (Å²) < 4.78 is 16.5. The second-order valence-corrected chi connectivity index (χ2v) is 5.30. The van der Waals surface area contributed by atoms with Crippen molar-refractivity contribution in [2.24, 2.45) is 0 Å². The van der Waals surface area contributed by atoms with Gasteiger partial charge < -0.3 is 19.3 Å². The third-order valence-corrected chi connectivity index (χ3v) is 3.95. The lowest BCUT2D eigenvalue weighted by atomic mass is 9.92. The zero-order valence-electron chi connectivity index (χ0n) is 11.6. The van der Waals surface area contributed by atoms with Gasteiger partial charge in [-0.3, -0.25) is 0 Å². The van der Waals surface area contributed by atoms with E-state index in [1.165, 1.54) is 0 Å². The van der Waals surface area contributed by atoms with E-state index in [9.17, 15) is 0 Å². The van der Waals surface area contributed by atoms with Crippen molar-refractivity contribution < 1.29 is 14.0 Å². The Hall–Kier alpha value is -1.92. The molecule has 6 heteroatoms. The lowest BCUT2D eigenvalue weighted by molar-refractivity contribution is 0.0659. The average molecular weight is 287 g/mol. The van der Waals surface area contributed by atoms with Gasteiger partial charge in [0.15, 0.2) is 5.82 Å². The van der Waals surface area contributed by atoms with Crippen molar-refractivity contribution in [1.82, 2.24) is 15.5 Å². The second kappa shape index (κ2) is 5.46. The molecule has 1 fully saturated rings. The summed E-state index contributed by atoms with van der Waals surface area (Å²) in [6.07, 6.45) is 0.866. The van der Waals surface area contributed by atoms with Crippen LogP contribution in [-0.4, -0.2) is 36.5 Å². The minimum Gasteiger partial charge on any atom is -0.493 e. The summed E-state index contributed by atoms with van der Waals surface area (Å²) in [7, 11) is 0. The zero-order valence-corrected chi connectivity index (χ0v) is 11.6. The van der Waals surface area contributed by atoms with Crippen molar-refractivity contribution in [2.45, 2.75) is 18.4 Å². The maximum atomic E-state index is 5.68. The molecular weight excluding hydrogens is 270 g/mol. The summed E-state index contributed by atoms with van der Waals surface area (Å²) in [4.78, 5) is 4.58. The van der Waals surface area contributed by atoms with Gasteiger partial charge in [0.1, 0.15) is 11.8 Å². The first-order valence-electron chi connectivity index (χ1n) is 7.28. The minimum atomic E-state index is -0.00455. The van der Waals surface area contributed by atoms with Crippen molar-refractivity contribution in [3.8, 4) is 5.75 Å². The van der Waals surface area contributed by atoms with E-state index in [4.69, 9.17) is 14.0 Å². The highest BCUT2D eigenvalue weighted by Crippen LogP contribution is 2.36. The van der Waals surface area contributed by atoms with Crippen LogP contribution in [0.3, 0.4) is 0 Å². The third-order valence-electron chi connectivity index (χ3n) is 3.95. The smallest absolute Gasteiger partial charge is 0.246 e. The Morgan fingerprint density at radius 1 is 1.19 bits per heavy atom. The van der Waals surface area contributed by atoms with Crippen LogP contribution >= 0.6 is 0 Å². The van der Waals surface area contributed by atoms with E-state index in [1.807, 2.05) is 18.2 Å². The average Bonchev–Trinajstić information content (AvgIpc) is 3.05. The summed E-state index contributed by atoms with van der Waals surface area (Å²) in [5, 5.41) is 7.50. The van der Waals surface area contributed by atoms with Gasteiger partial charge in [0, 0.05) is 12.1 Å². The van der Waals surface area contributed by atoms with Crippen LogP contribution in [-0.2, 0) is 4.74 Å². The quantitative estimate of drug-likeness (QED) is 0.905. The van der Waals surface area contributed by atoms with Gasteiger partial charge >= 0.3 is 0 Å². The Kier molecular flexibility index (Phi) is 3.33. The van der Waals surface area contributed by atoms with Gasteiger partial charge in [0.25, 0.3) is 0 Å². The number of rotatable bonds is 2. The molecule has 2 aliphatic heterocycles. The number of benzene rings is 1. The van der Waals surface area contributed by atoms with E-state index in [0.29, 0.717) is 19.1 Å². The molecule has 0 radical (unpaired) electrons. The molecule has 21 heavy (non-hydrogen) atoms. The molecule has 1 N–H and O–H groups in total. The van der Waals surface area contributed by atoms with Crippen molar-refractivity contribution in [2.75, 3.05) is 26.4 Å². The van der Waals surface area contributed by atoms with Crippen LogP contribution in [0.4, 0.5) is 0 Å². The summed E-state index contributed by atoms with van der Waals surface area (Å²) in [6, 6.07) is 8.04. The molecule has 2 aromatic rings. The molecular formula is C15H17N3O3. The molecule has 1 aromatic heterocycles. The topological polar surface area (TPSA) is 69.4 Å². The number of ether oxygens (including phenoxy) is 2. The van der Waals surface area contributed by atoms with Crippen molar-refractivity contribution in [1.29, 1.82) is 0 Å². The molecule has 3 heterocycles. The van der Waals surface area contributed by atoms with Crippen LogP contribution in [0.1, 0.15) is 35.7 Å². The first kappa shape index (κ1) is 12.8. The fraction of sp³-hybridized carbons (Fsp3) is 0.467. The fourth-order valence-electron chi connectivity index (χ4n) is 2.86. The zero-order chi connectivity index (χ0) is 14.1. The first-order chi connectivity index (χ1) is 10.4. The lowest BCUT2D eigenvalue weighted by Crippen LogP contribution is -2.34. The molecule has 0 bridgehead atoms. The van der Waals surface area contributed by atoms with E-state index in [0.717, 1.165) is 36.7 Å². The molecule has 110 valence electrons. The predicted molar refractivity (Wildman–Crippen MR) is 74.3 cm³/mol. The second-order valence-electron chi connectivity index (χ2n) is 5.30. The predicted octanol–water partition coefficient (Wildman–Crippen LogP) is 1.64. The summed E-state index contributed by atoms with van der Waals surface area (Å²) in [5.74, 6) is 2.39. The number of aromatic nitrogens is 2.